The Kier molecular flexibility index (Phi) is 3.64. The summed E-state index contributed by atoms with van der Waals surface area (Å²) >= 11 is 9.05. The Morgan fingerprint density at radius 2 is 2.18 bits per heavy atom. The van der Waals surface area contributed by atoms with Gasteiger partial charge in [-0.25, -0.2) is 9.37 Å². The highest BCUT2D eigenvalue weighted by Gasteiger charge is 2.07. The quantitative estimate of drug-likeness (QED) is 0.869. The van der Waals surface area contributed by atoms with Crippen LogP contribution in [0.4, 0.5) is 15.9 Å². The van der Waals surface area contributed by atoms with Gasteiger partial charge in [0.05, 0.1) is 10.7 Å². The molecule has 0 saturated carbocycles. The lowest BCUT2D eigenvalue weighted by Crippen LogP contribution is -1.97. The fourth-order valence-corrected chi connectivity index (χ4v) is 1.74. The predicted molar refractivity (Wildman–Crippen MR) is 71.4 cm³/mol. The number of nitrogens with one attached hydrogen (secondary N) is 1. The van der Waals surface area contributed by atoms with E-state index >= 15 is 0 Å². The van der Waals surface area contributed by atoms with Crippen molar-refractivity contribution in [2.45, 2.75) is 6.92 Å². The van der Waals surface area contributed by atoms with Crippen molar-refractivity contribution in [3.8, 4) is 0 Å². The van der Waals surface area contributed by atoms with E-state index in [2.05, 4.69) is 26.2 Å². The van der Waals surface area contributed by atoms with Crippen molar-refractivity contribution in [1.82, 2.24) is 4.98 Å². The van der Waals surface area contributed by atoms with E-state index in [0.29, 0.717) is 11.5 Å². The van der Waals surface area contributed by atoms with Crippen molar-refractivity contribution >= 4 is 39.0 Å². The molecule has 0 aliphatic rings. The second-order valence-electron chi connectivity index (χ2n) is 3.55. The van der Waals surface area contributed by atoms with E-state index in [-0.39, 0.29) is 5.02 Å². The zero-order chi connectivity index (χ0) is 12.4. The topological polar surface area (TPSA) is 24.9 Å². The molecular weight excluding hydrogens is 307 g/mol. The summed E-state index contributed by atoms with van der Waals surface area (Å²) in [4.78, 5) is 4.14. The van der Waals surface area contributed by atoms with E-state index in [1.807, 2.05) is 13.0 Å². The van der Waals surface area contributed by atoms with E-state index in [4.69, 9.17) is 11.6 Å². The number of anilines is 2. The summed E-state index contributed by atoms with van der Waals surface area (Å²) in [6.45, 7) is 1.94. The summed E-state index contributed by atoms with van der Waals surface area (Å²) in [6, 6.07) is 6.62. The Morgan fingerprint density at radius 3 is 2.88 bits per heavy atom. The van der Waals surface area contributed by atoms with Gasteiger partial charge in [-0.3, -0.25) is 0 Å². The third kappa shape index (κ3) is 2.76. The van der Waals surface area contributed by atoms with E-state index < -0.39 is 5.82 Å². The van der Waals surface area contributed by atoms with Crippen LogP contribution in [0, 0.1) is 12.7 Å². The lowest BCUT2D eigenvalue weighted by molar-refractivity contribution is 0.632. The molecule has 17 heavy (non-hydrogen) atoms. The Balaban J connectivity index is 2.31. The number of rotatable bonds is 2. The third-order valence-electron chi connectivity index (χ3n) is 2.26. The fourth-order valence-electron chi connectivity index (χ4n) is 1.35. The minimum absolute atomic E-state index is 0.0869. The van der Waals surface area contributed by atoms with Gasteiger partial charge in [-0.15, -0.1) is 0 Å². The average Bonchev–Trinajstić information content (AvgIpc) is 2.30. The van der Waals surface area contributed by atoms with Crippen molar-refractivity contribution in [2.75, 3.05) is 5.32 Å². The molecule has 1 aromatic carbocycles. The van der Waals surface area contributed by atoms with Crippen LogP contribution in [-0.4, -0.2) is 4.98 Å². The van der Waals surface area contributed by atoms with Crippen LogP contribution in [0.2, 0.25) is 5.02 Å². The summed E-state index contributed by atoms with van der Waals surface area (Å²) in [5, 5.41) is 2.98. The summed E-state index contributed by atoms with van der Waals surface area (Å²) in [5.41, 5.74) is 1.33. The third-order valence-corrected chi connectivity index (χ3v) is 3.38. The van der Waals surface area contributed by atoms with Crippen molar-refractivity contribution in [2.24, 2.45) is 0 Å². The number of aryl methyl sites for hydroxylation is 1. The summed E-state index contributed by atoms with van der Waals surface area (Å²) in [6.07, 6.45) is 1.67. The molecule has 5 heteroatoms. The first-order valence-corrected chi connectivity index (χ1v) is 6.08. The highest BCUT2D eigenvalue weighted by molar-refractivity contribution is 9.10. The molecule has 1 heterocycles. The number of aromatic nitrogens is 1. The first kappa shape index (κ1) is 12.3. The molecule has 0 radical (unpaired) electrons. The first-order valence-electron chi connectivity index (χ1n) is 4.91. The van der Waals surface area contributed by atoms with Gasteiger partial charge in [-0.05, 0) is 46.6 Å². The van der Waals surface area contributed by atoms with Gasteiger partial charge in [0, 0.05) is 10.7 Å². The number of benzene rings is 1. The molecule has 2 rings (SSSR count). The van der Waals surface area contributed by atoms with Crippen LogP contribution in [0.5, 0.6) is 0 Å². The minimum Gasteiger partial charge on any atom is -0.338 e. The molecule has 0 saturated heterocycles. The Morgan fingerprint density at radius 1 is 1.41 bits per heavy atom. The molecule has 0 spiro atoms. The molecule has 1 N–H and O–H groups in total. The van der Waals surface area contributed by atoms with Gasteiger partial charge in [0.1, 0.15) is 5.82 Å². The molecule has 2 aromatic rings. The summed E-state index contributed by atoms with van der Waals surface area (Å²) < 4.78 is 14.5. The smallest absolute Gasteiger partial charge is 0.165 e. The van der Waals surface area contributed by atoms with Gasteiger partial charge in [0.25, 0.3) is 0 Å². The molecular formula is C12H9BrClFN2. The first-order chi connectivity index (χ1) is 8.08. The van der Waals surface area contributed by atoms with Crippen LogP contribution in [0.1, 0.15) is 5.56 Å². The van der Waals surface area contributed by atoms with Crippen LogP contribution in [0.15, 0.2) is 34.9 Å². The van der Waals surface area contributed by atoms with Gasteiger partial charge in [0.2, 0.25) is 0 Å². The number of hydrogen-bond donors (Lipinski definition) is 1. The molecule has 2 nitrogen and oxygen atoms in total. The second-order valence-corrected chi connectivity index (χ2v) is 4.81. The molecule has 0 aliphatic carbocycles. The molecule has 0 unspecified atom stereocenters. The van der Waals surface area contributed by atoms with Gasteiger partial charge < -0.3 is 5.32 Å². The monoisotopic (exact) mass is 314 g/mol. The van der Waals surface area contributed by atoms with Crippen molar-refractivity contribution in [3.63, 3.8) is 0 Å². The molecule has 0 amide bonds. The molecule has 0 fully saturated rings. The SMILES string of the molecule is Cc1cc(Nc2cccc(Cl)c2F)ncc1Br. The molecule has 1 aromatic heterocycles. The van der Waals surface area contributed by atoms with Gasteiger partial charge in [-0.1, -0.05) is 17.7 Å². The molecule has 88 valence electrons. The Hall–Kier alpha value is -1.13. The average molecular weight is 316 g/mol. The predicted octanol–water partition coefficient (Wildman–Crippen LogP) is 4.69. The lowest BCUT2D eigenvalue weighted by atomic mass is 10.2. The van der Waals surface area contributed by atoms with E-state index in [1.165, 1.54) is 6.07 Å². The maximum Gasteiger partial charge on any atom is 0.165 e. The minimum atomic E-state index is -0.475. The lowest BCUT2D eigenvalue weighted by Gasteiger charge is -2.08. The van der Waals surface area contributed by atoms with Crippen molar-refractivity contribution < 1.29 is 4.39 Å². The van der Waals surface area contributed by atoms with Gasteiger partial charge >= 0.3 is 0 Å². The van der Waals surface area contributed by atoms with Crippen molar-refractivity contribution in [3.05, 3.63) is 51.3 Å². The van der Waals surface area contributed by atoms with Gasteiger partial charge in [-0.2, -0.15) is 0 Å². The van der Waals surface area contributed by atoms with Crippen LogP contribution in [0.25, 0.3) is 0 Å². The van der Waals surface area contributed by atoms with Crippen LogP contribution in [0.3, 0.4) is 0 Å². The summed E-state index contributed by atoms with van der Waals surface area (Å²) in [7, 11) is 0. The van der Waals surface area contributed by atoms with Crippen LogP contribution in [-0.2, 0) is 0 Å². The highest BCUT2D eigenvalue weighted by Crippen LogP contribution is 2.25. The fraction of sp³-hybridized carbons (Fsp3) is 0.0833. The standard InChI is InChI=1S/C12H9BrClFN2/c1-7-5-11(16-6-8(7)13)17-10-4-2-3-9(14)12(10)15/h2-6H,1H3,(H,16,17). The van der Waals surface area contributed by atoms with E-state index in [0.717, 1.165) is 10.0 Å². The van der Waals surface area contributed by atoms with E-state index in [9.17, 15) is 4.39 Å². The molecule has 0 bridgehead atoms. The molecule has 0 atom stereocenters. The zero-order valence-corrected chi connectivity index (χ0v) is 11.3. The highest BCUT2D eigenvalue weighted by atomic mass is 79.9. The van der Waals surface area contributed by atoms with Crippen LogP contribution < -0.4 is 5.32 Å². The number of pyridine rings is 1. The number of halogens is 3. The number of nitrogens with zero attached hydrogens (tertiary/aromatic N) is 1. The number of hydrogen-bond acceptors (Lipinski definition) is 2. The maximum absolute atomic E-state index is 13.6. The Bertz CT molecular complexity index is 560. The Labute approximate surface area is 112 Å². The van der Waals surface area contributed by atoms with Gasteiger partial charge in [0.15, 0.2) is 5.82 Å². The van der Waals surface area contributed by atoms with Crippen LogP contribution >= 0.6 is 27.5 Å². The van der Waals surface area contributed by atoms with E-state index in [1.54, 1.807) is 18.3 Å². The zero-order valence-electron chi connectivity index (χ0n) is 8.97. The normalized spacial score (nSPS) is 10.4. The largest absolute Gasteiger partial charge is 0.338 e. The summed E-state index contributed by atoms with van der Waals surface area (Å²) in [5.74, 6) is 0.100. The van der Waals surface area contributed by atoms with Crippen molar-refractivity contribution in [1.29, 1.82) is 0 Å². The molecule has 0 aliphatic heterocycles. The maximum atomic E-state index is 13.6. The second kappa shape index (κ2) is 5.02.